The van der Waals surface area contributed by atoms with Crippen LogP contribution in [-0.4, -0.2) is 23.7 Å². The summed E-state index contributed by atoms with van der Waals surface area (Å²) < 4.78 is 16.3. The average Bonchev–Trinajstić information content (AvgIpc) is 2.70. The molecule has 2 unspecified atom stereocenters. The number of ether oxygens (including phenoxy) is 2. The molecule has 0 aliphatic heterocycles. The Hall–Kier alpha value is -2.83. The number of hydrogen-bond acceptors (Lipinski definition) is 6. The molecule has 1 heterocycles. The summed E-state index contributed by atoms with van der Waals surface area (Å²) in [4.78, 5) is 37.4. The number of hydrogen-bond donors (Lipinski definition) is 1. The Kier molecular flexibility index (Phi) is 6.72. The zero-order valence-corrected chi connectivity index (χ0v) is 18.9. The third kappa shape index (κ3) is 5.46. The van der Waals surface area contributed by atoms with Gasteiger partial charge in [0.2, 0.25) is 0 Å². The van der Waals surface area contributed by atoms with Crippen LogP contribution in [0.1, 0.15) is 65.0 Å². The Morgan fingerprint density at radius 2 is 1.84 bits per heavy atom. The van der Waals surface area contributed by atoms with Gasteiger partial charge in [-0.1, -0.05) is 20.3 Å². The largest absolute Gasteiger partial charge is 0.444 e. The topological polar surface area (TPSA) is 94.8 Å². The lowest BCUT2D eigenvalue weighted by atomic mass is 9.91. The number of rotatable bonds is 5. The van der Waals surface area contributed by atoms with Crippen LogP contribution < -0.4 is 15.7 Å². The fourth-order valence-electron chi connectivity index (χ4n) is 3.77. The van der Waals surface area contributed by atoms with Crippen molar-refractivity contribution in [3.8, 4) is 5.75 Å². The molecule has 1 aliphatic carbocycles. The molecule has 7 nitrogen and oxygen atoms in total. The highest BCUT2D eigenvalue weighted by molar-refractivity contribution is 5.86. The molecule has 7 heteroatoms. The second kappa shape index (κ2) is 9.12. The smallest absolute Gasteiger partial charge is 0.408 e. The molecular formula is C24H31NO6. The number of amides is 1. The van der Waals surface area contributed by atoms with Crippen molar-refractivity contribution in [3.05, 3.63) is 39.7 Å². The minimum absolute atomic E-state index is 0.162. The van der Waals surface area contributed by atoms with Crippen LogP contribution in [-0.2, 0) is 22.4 Å². The van der Waals surface area contributed by atoms with Crippen molar-refractivity contribution in [2.24, 2.45) is 5.92 Å². The highest BCUT2D eigenvalue weighted by Crippen LogP contribution is 2.29. The molecule has 0 saturated carbocycles. The van der Waals surface area contributed by atoms with Crippen molar-refractivity contribution in [2.75, 3.05) is 0 Å². The number of alkyl carbamates (subject to hydrolysis) is 1. The summed E-state index contributed by atoms with van der Waals surface area (Å²) in [6, 6.07) is 4.21. The number of esters is 1. The van der Waals surface area contributed by atoms with Gasteiger partial charge in [0.15, 0.2) is 0 Å². The Morgan fingerprint density at radius 3 is 2.48 bits per heavy atom. The first-order chi connectivity index (χ1) is 14.6. The Morgan fingerprint density at radius 1 is 1.16 bits per heavy atom. The molecule has 0 fully saturated rings. The van der Waals surface area contributed by atoms with Crippen molar-refractivity contribution in [2.45, 2.75) is 78.4 Å². The predicted molar refractivity (Wildman–Crippen MR) is 117 cm³/mol. The van der Waals surface area contributed by atoms with E-state index in [0.717, 1.165) is 42.2 Å². The quantitative estimate of drug-likeness (QED) is 0.427. The van der Waals surface area contributed by atoms with E-state index in [0.29, 0.717) is 12.0 Å². The van der Waals surface area contributed by atoms with Gasteiger partial charge in [0.05, 0.1) is 0 Å². The van der Waals surface area contributed by atoms with Crippen molar-refractivity contribution >= 4 is 23.0 Å². The summed E-state index contributed by atoms with van der Waals surface area (Å²) in [5.41, 5.74) is 1.18. The SMILES string of the molecule is CCC(C)C(NC(=O)OC(C)(C)C)C(=O)Oc1ccc2c3c(c(=O)oc2c1)CCCC3. The lowest BCUT2D eigenvalue weighted by Crippen LogP contribution is -2.48. The fourth-order valence-corrected chi connectivity index (χ4v) is 3.77. The summed E-state index contributed by atoms with van der Waals surface area (Å²) in [5.74, 6) is -0.499. The Balaban J connectivity index is 1.82. The lowest BCUT2D eigenvalue weighted by molar-refractivity contribution is -0.138. The molecule has 0 bridgehead atoms. The van der Waals surface area contributed by atoms with E-state index in [2.05, 4.69) is 5.32 Å². The Bertz CT molecular complexity index is 1030. The van der Waals surface area contributed by atoms with Gasteiger partial charge in [0.1, 0.15) is 23.0 Å². The van der Waals surface area contributed by atoms with Crippen LogP contribution in [0.25, 0.3) is 11.0 Å². The lowest BCUT2D eigenvalue weighted by Gasteiger charge is -2.25. The van der Waals surface area contributed by atoms with Crippen LogP contribution >= 0.6 is 0 Å². The van der Waals surface area contributed by atoms with E-state index in [1.807, 2.05) is 19.9 Å². The number of fused-ring (bicyclic) bond motifs is 3. The molecule has 0 radical (unpaired) electrons. The first kappa shape index (κ1) is 22.8. The van der Waals surface area contributed by atoms with Gasteiger partial charge < -0.3 is 19.2 Å². The van der Waals surface area contributed by atoms with E-state index in [4.69, 9.17) is 13.9 Å². The third-order valence-electron chi connectivity index (χ3n) is 5.55. The highest BCUT2D eigenvalue weighted by Gasteiger charge is 2.30. The summed E-state index contributed by atoms with van der Waals surface area (Å²) in [5, 5.41) is 3.50. The zero-order valence-electron chi connectivity index (χ0n) is 18.9. The second-order valence-corrected chi connectivity index (χ2v) is 9.14. The number of aryl methyl sites for hydroxylation is 1. The molecule has 168 valence electrons. The molecule has 0 saturated heterocycles. The number of carbonyl (C=O) groups excluding carboxylic acids is 2. The van der Waals surface area contributed by atoms with E-state index in [9.17, 15) is 14.4 Å². The molecule has 2 aromatic rings. The van der Waals surface area contributed by atoms with Gasteiger partial charge in [-0.25, -0.2) is 14.4 Å². The Labute approximate surface area is 182 Å². The van der Waals surface area contributed by atoms with Crippen LogP contribution in [0.4, 0.5) is 4.79 Å². The molecule has 1 N–H and O–H groups in total. The van der Waals surface area contributed by atoms with E-state index in [-0.39, 0.29) is 17.3 Å². The van der Waals surface area contributed by atoms with Gasteiger partial charge >= 0.3 is 17.7 Å². The van der Waals surface area contributed by atoms with Crippen molar-refractivity contribution in [1.29, 1.82) is 0 Å². The van der Waals surface area contributed by atoms with Crippen LogP contribution in [0.3, 0.4) is 0 Å². The molecular weight excluding hydrogens is 398 g/mol. The molecule has 2 atom stereocenters. The van der Waals surface area contributed by atoms with E-state index in [1.54, 1.807) is 32.9 Å². The minimum Gasteiger partial charge on any atom is -0.444 e. The monoisotopic (exact) mass is 429 g/mol. The van der Waals surface area contributed by atoms with Crippen LogP contribution in [0.5, 0.6) is 5.75 Å². The van der Waals surface area contributed by atoms with Gasteiger partial charge in [-0.15, -0.1) is 0 Å². The van der Waals surface area contributed by atoms with Crippen LogP contribution in [0, 0.1) is 5.92 Å². The maximum Gasteiger partial charge on any atom is 0.408 e. The molecule has 1 amide bonds. The standard InChI is InChI=1S/C24H31NO6/c1-6-14(2)20(25-23(28)31-24(3,4)5)22(27)29-15-11-12-17-16-9-7-8-10-18(16)21(26)30-19(17)13-15/h11-14,20H,6-10H2,1-5H3,(H,25,28). The summed E-state index contributed by atoms with van der Waals surface area (Å²) in [6.45, 7) is 9.05. The fraction of sp³-hybridized carbons (Fsp3) is 0.542. The first-order valence-electron chi connectivity index (χ1n) is 10.9. The van der Waals surface area contributed by atoms with Crippen LogP contribution in [0.2, 0.25) is 0 Å². The average molecular weight is 430 g/mol. The summed E-state index contributed by atoms with van der Waals surface area (Å²) >= 11 is 0. The van der Waals surface area contributed by atoms with Gasteiger partial charge in [0, 0.05) is 17.0 Å². The summed E-state index contributed by atoms with van der Waals surface area (Å²) in [7, 11) is 0. The number of benzene rings is 1. The maximum atomic E-state index is 12.9. The normalized spacial score (nSPS) is 15.6. The maximum absolute atomic E-state index is 12.9. The van der Waals surface area contributed by atoms with Crippen molar-refractivity contribution in [1.82, 2.24) is 5.32 Å². The molecule has 31 heavy (non-hydrogen) atoms. The molecule has 1 aromatic heterocycles. The molecule has 1 aliphatic rings. The molecule has 1 aromatic carbocycles. The summed E-state index contributed by atoms with van der Waals surface area (Å²) in [6.07, 6.45) is 3.58. The second-order valence-electron chi connectivity index (χ2n) is 9.14. The van der Waals surface area contributed by atoms with Gasteiger partial charge in [-0.3, -0.25) is 0 Å². The molecule has 0 spiro atoms. The predicted octanol–water partition coefficient (Wildman–Crippen LogP) is 4.52. The van der Waals surface area contributed by atoms with E-state index >= 15 is 0 Å². The van der Waals surface area contributed by atoms with Gasteiger partial charge in [0.25, 0.3) is 0 Å². The zero-order chi connectivity index (χ0) is 22.8. The molecule has 3 rings (SSSR count). The van der Waals surface area contributed by atoms with E-state index < -0.39 is 23.7 Å². The van der Waals surface area contributed by atoms with E-state index in [1.165, 1.54) is 0 Å². The van der Waals surface area contributed by atoms with Gasteiger partial charge in [-0.2, -0.15) is 0 Å². The third-order valence-corrected chi connectivity index (χ3v) is 5.55. The minimum atomic E-state index is -0.869. The number of nitrogens with one attached hydrogen (secondary N) is 1. The first-order valence-corrected chi connectivity index (χ1v) is 10.9. The van der Waals surface area contributed by atoms with Crippen molar-refractivity contribution < 1.29 is 23.5 Å². The van der Waals surface area contributed by atoms with Gasteiger partial charge in [-0.05, 0) is 70.1 Å². The van der Waals surface area contributed by atoms with Crippen molar-refractivity contribution in [3.63, 3.8) is 0 Å². The van der Waals surface area contributed by atoms with Crippen LogP contribution in [0.15, 0.2) is 27.4 Å². The highest BCUT2D eigenvalue weighted by atomic mass is 16.6. The number of carbonyl (C=O) groups is 2.